The van der Waals surface area contributed by atoms with Crippen molar-refractivity contribution in [1.29, 1.82) is 0 Å². The van der Waals surface area contributed by atoms with Gasteiger partial charge in [0.05, 0.1) is 0 Å². The molecule has 0 bridgehead atoms. The fourth-order valence-electron chi connectivity index (χ4n) is 4.61. The van der Waals surface area contributed by atoms with Crippen LogP contribution in [0.4, 0.5) is 11.4 Å². The van der Waals surface area contributed by atoms with Gasteiger partial charge >= 0.3 is 0 Å². The molecule has 0 atom stereocenters. The molecule has 1 N–H and O–H groups in total. The van der Waals surface area contributed by atoms with Gasteiger partial charge in [-0.3, -0.25) is 4.79 Å². The Morgan fingerprint density at radius 2 is 1.85 bits per heavy atom. The molecule has 5 rings (SSSR count). The summed E-state index contributed by atoms with van der Waals surface area (Å²) in [4.78, 5) is 20.8. The minimum atomic E-state index is -3.64. The molecule has 0 saturated carbocycles. The number of thiophene rings is 1. The minimum Gasteiger partial charge on any atom is -0.367 e. The number of hydrogen-bond acceptors (Lipinski definition) is 6. The summed E-state index contributed by atoms with van der Waals surface area (Å²) in [6, 6.07) is 10.2. The second-order valence-corrected chi connectivity index (χ2v) is 11.9. The predicted molar refractivity (Wildman–Crippen MR) is 134 cm³/mol. The van der Waals surface area contributed by atoms with Crippen LogP contribution < -0.4 is 10.2 Å². The molecular weight excluding hydrogens is 470 g/mol. The lowest BCUT2D eigenvalue weighted by molar-refractivity contribution is -0.120. The summed E-state index contributed by atoms with van der Waals surface area (Å²) in [6.45, 7) is 4.32. The Kier molecular flexibility index (Phi) is 6.22. The van der Waals surface area contributed by atoms with Crippen LogP contribution in [0.15, 0.2) is 46.9 Å². The Bertz CT molecular complexity index is 1270. The van der Waals surface area contributed by atoms with Crippen molar-refractivity contribution in [3.63, 3.8) is 0 Å². The zero-order chi connectivity index (χ0) is 23.9. The maximum absolute atomic E-state index is 12.9. The van der Waals surface area contributed by atoms with Crippen molar-refractivity contribution in [3.8, 4) is 0 Å². The number of carbonyl (C=O) groups excluding carboxylic acids is 1. The average molecular weight is 500 g/mol. The second-order valence-electron chi connectivity index (χ2n) is 8.99. The highest BCUT2D eigenvalue weighted by atomic mass is 32.2. The van der Waals surface area contributed by atoms with Crippen LogP contribution in [0.1, 0.15) is 29.1 Å². The highest BCUT2D eigenvalue weighted by Crippen LogP contribution is 2.29. The molecule has 2 aliphatic heterocycles. The van der Waals surface area contributed by atoms with Crippen LogP contribution in [0.25, 0.3) is 0 Å². The van der Waals surface area contributed by atoms with Crippen molar-refractivity contribution in [2.75, 3.05) is 29.9 Å². The third-order valence-electron chi connectivity index (χ3n) is 6.82. The SMILES string of the molecule is Cc1nc(S(=O)(=O)N2CCC(C(=O)Nc3ccc(N4CCc5sccc5C4)cc3)CC2)cn1C. The molecule has 10 heteroatoms. The fourth-order valence-corrected chi connectivity index (χ4v) is 6.99. The highest BCUT2D eigenvalue weighted by molar-refractivity contribution is 7.89. The molecule has 0 unspecified atom stereocenters. The van der Waals surface area contributed by atoms with E-state index in [0.29, 0.717) is 31.8 Å². The van der Waals surface area contributed by atoms with Crippen LogP contribution in [-0.4, -0.2) is 47.8 Å². The van der Waals surface area contributed by atoms with E-state index < -0.39 is 10.0 Å². The smallest absolute Gasteiger partial charge is 0.262 e. The number of benzene rings is 1. The van der Waals surface area contributed by atoms with Crippen LogP contribution in [0.3, 0.4) is 0 Å². The number of piperidine rings is 1. The molecule has 4 heterocycles. The summed E-state index contributed by atoms with van der Waals surface area (Å²) in [5, 5.41) is 5.24. The molecule has 2 aromatic heterocycles. The first-order valence-electron chi connectivity index (χ1n) is 11.5. The first-order chi connectivity index (χ1) is 16.3. The zero-order valence-electron chi connectivity index (χ0n) is 19.4. The summed E-state index contributed by atoms with van der Waals surface area (Å²) < 4.78 is 28.9. The molecule has 8 nitrogen and oxygen atoms in total. The molecule has 180 valence electrons. The lowest BCUT2D eigenvalue weighted by Gasteiger charge is -2.30. The van der Waals surface area contributed by atoms with E-state index in [1.807, 2.05) is 23.5 Å². The topological polar surface area (TPSA) is 87.5 Å². The monoisotopic (exact) mass is 499 g/mol. The molecule has 0 spiro atoms. The van der Waals surface area contributed by atoms with Crippen molar-refractivity contribution in [2.45, 2.75) is 37.8 Å². The average Bonchev–Trinajstić information content (AvgIpc) is 3.45. The summed E-state index contributed by atoms with van der Waals surface area (Å²) in [7, 11) is -1.86. The number of sulfonamides is 1. The van der Waals surface area contributed by atoms with Gasteiger partial charge in [0.15, 0.2) is 5.03 Å². The van der Waals surface area contributed by atoms with Crippen molar-refractivity contribution >= 4 is 38.6 Å². The van der Waals surface area contributed by atoms with Crippen molar-refractivity contribution in [2.24, 2.45) is 13.0 Å². The van der Waals surface area contributed by atoms with Gasteiger partial charge in [-0.15, -0.1) is 11.3 Å². The van der Waals surface area contributed by atoms with E-state index in [2.05, 4.69) is 38.8 Å². The number of nitrogens with one attached hydrogen (secondary N) is 1. The van der Waals surface area contributed by atoms with Gasteiger partial charge in [-0.2, -0.15) is 4.31 Å². The minimum absolute atomic E-state index is 0.0561. The summed E-state index contributed by atoms with van der Waals surface area (Å²) >= 11 is 1.83. The van der Waals surface area contributed by atoms with Crippen molar-refractivity contribution in [3.05, 3.63) is 58.2 Å². The zero-order valence-corrected chi connectivity index (χ0v) is 21.0. The van der Waals surface area contributed by atoms with Gasteiger partial charge in [0.2, 0.25) is 5.91 Å². The van der Waals surface area contributed by atoms with Crippen LogP contribution in [0.2, 0.25) is 0 Å². The third-order valence-corrected chi connectivity index (χ3v) is 9.62. The number of amides is 1. The van der Waals surface area contributed by atoms with Crippen molar-refractivity contribution < 1.29 is 13.2 Å². The maximum atomic E-state index is 12.9. The van der Waals surface area contributed by atoms with Gasteiger partial charge in [0.25, 0.3) is 10.0 Å². The Labute approximate surface area is 204 Å². The highest BCUT2D eigenvalue weighted by Gasteiger charge is 2.33. The van der Waals surface area contributed by atoms with E-state index in [0.717, 1.165) is 30.9 Å². The first-order valence-corrected chi connectivity index (χ1v) is 13.8. The van der Waals surface area contributed by atoms with E-state index >= 15 is 0 Å². The number of fused-ring (bicyclic) bond motifs is 1. The lowest BCUT2D eigenvalue weighted by Crippen LogP contribution is -2.41. The predicted octanol–water partition coefficient (Wildman–Crippen LogP) is 3.39. The number of anilines is 2. The number of aryl methyl sites for hydroxylation is 2. The lowest BCUT2D eigenvalue weighted by atomic mass is 9.97. The molecule has 1 fully saturated rings. The molecule has 34 heavy (non-hydrogen) atoms. The van der Waals surface area contributed by atoms with Gasteiger partial charge in [-0.25, -0.2) is 13.4 Å². The normalized spacial score (nSPS) is 17.5. The molecule has 0 radical (unpaired) electrons. The molecule has 1 amide bonds. The quantitative estimate of drug-likeness (QED) is 0.582. The van der Waals surface area contributed by atoms with Crippen LogP contribution in [-0.2, 0) is 34.8 Å². The molecule has 0 aliphatic carbocycles. The van der Waals surface area contributed by atoms with E-state index in [-0.39, 0.29) is 16.9 Å². The molecule has 1 saturated heterocycles. The largest absolute Gasteiger partial charge is 0.367 e. The Hall–Kier alpha value is -2.69. The maximum Gasteiger partial charge on any atom is 0.262 e. The molecule has 2 aliphatic rings. The second kappa shape index (κ2) is 9.16. The first kappa shape index (κ1) is 23.1. The standard InChI is InChI=1S/C24H29N5O3S2/c1-17-25-23(16-27(17)2)34(31,32)29-12-7-18(8-13-29)24(30)26-20-3-5-21(6-4-20)28-11-9-22-19(15-28)10-14-33-22/h3-6,10,14,16,18H,7-9,11-13,15H2,1-2H3,(H,26,30). The third kappa shape index (κ3) is 4.49. The Morgan fingerprint density at radius 3 is 2.53 bits per heavy atom. The number of aromatic nitrogens is 2. The van der Waals surface area contributed by atoms with Gasteiger partial charge < -0.3 is 14.8 Å². The van der Waals surface area contributed by atoms with Gasteiger partial charge in [-0.05, 0) is 67.5 Å². The van der Waals surface area contributed by atoms with Crippen LogP contribution in [0, 0.1) is 12.8 Å². The molecule has 1 aromatic carbocycles. The summed E-state index contributed by atoms with van der Waals surface area (Å²) in [5.74, 6) is 0.380. The molecular formula is C24H29N5O3S2. The fraction of sp³-hybridized carbons (Fsp3) is 0.417. The van der Waals surface area contributed by atoms with Gasteiger partial charge in [-0.1, -0.05) is 0 Å². The Balaban J connectivity index is 1.16. The van der Waals surface area contributed by atoms with E-state index in [9.17, 15) is 13.2 Å². The van der Waals surface area contributed by atoms with Gasteiger partial charge in [0.1, 0.15) is 5.82 Å². The van der Waals surface area contributed by atoms with Crippen LogP contribution in [0.5, 0.6) is 0 Å². The summed E-state index contributed by atoms with van der Waals surface area (Å²) in [5.41, 5.74) is 3.32. The van der Waals surface area contributed by atoms with E-state index in [1.165, 1.54) is 20.9 Å². The molecule has 3 aromatic rings. The number of rotatable bonds is 5. The number of nitrogens with zero attached hydrogens (tertiary/aromatic N) is 4. The number of imidazole rings is 1. The van der Waals surface area contributed by atoms with Crippen molar-refractivity contribution in [1.82, 2.24) is 13.9 Å². The Morgan fingerprint density at radius 1 is 1.12 bits per heavy atom. The van der Waals surface area contributed by atoms with Crippen LogP contribution >= 0.6 is 11.3 Å². The van der Waals surface area contributed by atoms with E-state index in [4.69, 9.17) is 0 Å². The van der Waals surface area contributed by atoms with Gasteiger partial charge in [0, 0.05) is 61.6 Å². The summed E-state index contributed by atoms with van der Waals surface area (Å²) in [6.07, 6.45) is 3.59. The number of carbonyl (C=O) groups is 1. The number of hydrogen-bond donors (Lipinski definition) is 1. The van der Waals surface area contributed by atoms with E-state index in [1.54, 1.807) is 18.5 Å².